The van der Waals surface area contributed by atoms with Crippen LogP contribution in [0.3, 0.4) is 0 Å². The summed E-state index contributed by atoms with van der Waals surface area (Å²) in [5.74, 6) is 0. The standard InChI is InChI=1S/C16H21N3O/c1-5-17-10-13-9-15(18-19(4)16(13)20)14-8-11(2)6-7-12(14)3/h6-9,17H,5,10H2,1-4H3. The molecule has 0 bridgehead atoms. The monoisotopic (exact) mass is 271 g/mol. The van der Waals surface area contributed by atoms with Crippen molar-refractivity contribution in [3.8, 4) is 11.3 Å². The smallest absolute Gasteiger partial charge is 0.271 e. The summed E-state index contributed by atoms with van der Waals surface area (Å²) in [4.78, 5) is 12.1. The molecule has 0 aliphatic carbocycles. The molecule has 0 saturated carbocycles. The van der Waals surface area contributed by atoms with Crippen molar-refractivity contribution in [3.63, 3.8) is 0 Å². The Labute approximate surface area is 119 Å². The Morgan fingerprint density at radius 1 is 1.25 bits per heavy atom. The number of nitrogens with one attached hydrogen (secondary N) is 1. The van der Waals surface area contributed by atoms with Crippen molar-refractivity contribution >= 4 is 0 Å². The lowest BCUT2D eigenvalue weighted by Crippen LogP contribution is -2.27. The zero-order valence-electron chi connectivity index (χ0n) is 12.5. The summed E-state index contributed by atoms with van der Waals surface area (Å²) in [6.45, 7) is 7.56. The van der Waals surface area contributed by atoms with E-state index in [0.29, 0.717) is 6.54 Å². The van der Waals surface area contributed by atoms with Crippen molar-refractivity contribution in [1.82, 2.24) is 15.1 Å². The average Bonchev–Trinajstić information content (AvgIpc) is 2.43. The largest absolute Gasteiger partial charge is 0.313 e. The molecule has 0 radical (unpaired) electrons. The third-order valence-electron chi connectivity index (χ3n) is 3.37. The third kappa shape index (κ3) is 2.96. The lowest BCUT2D eigenvalue weighted by atomic mass is 10.0. The van der Waals surface area contributed by atoms with Crippen LogP contribution in [0.5, 0.6) is 0 Å². The second kappa shape index (κ2) is 6.01. The van der Waals surface area contributed by atoms with E-state index in [9.17, 15) is 4.79 Å². The molecule has 0 spiro atoms. The van der Waals surface area contributed by atoms with Gasteiger partial charge in [0.1, 0.15) is 0 Å². The molecule has 0 fully saturated rings. The van der Waals surface area contributed by atoms with Crippen LogP contribution in [0.4, 0.5) is 0 Å². The number of aromatic nitrogens is 2. The predicted octanol–water partition coefficient (Wildman–Crippen LogP) is 2.17. The fourth-order valence-electron chi connectivity index (χ4n) is 2.20. The number of aryl methyl sites for hydroxylation is 3. The number of hydrogen-bond donors (Lipinski definition) is 1. The Hall–Kier alpha value is -1.94. The summed E-state index contributed by atoms with van der Waals surface area (Å²) in [6, 6.07) is 8.17. The zero-order chi connectivity index (χ0) is 14.7. The molecule has 0 amide bonds. The van der Waals surface area contributed by atoms with Crippen LogP contribution in [0, 0.1) is 13.8 Å². The van der Waals surface area contributed by atoms with Crippen molar-refractivity contribution < 1.29 is 0 Å². The van der Waals surface area contributed by atoms with E-state index in [4.69, 9.17) is 0 Å². The molecule has 2 aromatic rings. The highest BCUT2D eigenvalue weighted by Gasteiger charge is 2.09. The Balaban J connectivity index is 2.54. The van der Waals surface area contributed by atoms with Gasteiger partial charge in [-0.2, -0.15) is 5.10 Å². The minimum absolute atomic E-state index is 0.0417. The molecule has 4 nitrogen and oxygen atoms in total. The molecular weight excluding hydrogens is 250 g/mol. The van der Waals surface area contributed by atoms with Gasteiger partial charge in [-0.05, 0) is 38.1 Å². The maximum atomic E-state index is 12.1. The summed E-state index contributed by atoms with van der Waals surface area (Å²) in [5, 5.41) is 7.59. The predicted molar refractivity (Wildman–Crippen MR) is 81.8 cm³/mol. The van der Waals surface area contributed by atoms with Crippen LogP contribution in [0.25, 0.3) is 11.3 Å². The fraction of sp³-hybridized carbons (Fsp3) is 0.375. The van der Waals surface area contributed by atoms with Crippen LogP contribution in [-0.2, 0) is 13.6 Å². The summed E-state index contributed by atoms with van der Waals surface area (Å²) in [6.07, 6.45) is 0. The van der Waals surface area contributed by atoms with Gasteiger partial charge in [0, 0.05) is 24.7 Å². The Kier molecular flexibility index (Phi) is 4.35. The van der Waals surface area contributed by atoms with Crippen LogP contribution in [0.2, 0.25) is 0 Å². The molecule has 0 saturated heterocycles. The first-order valence-electron chi connectivity index (χ1n) is 6.88. The van der Waals surface area contributed by atoms with Gasteiger partial charge in [0.15, 0.2) is 0 Å². The lowest BCUT2D eigenvalue weighted by molar-refractivity contribution is 0.665. The van der Waals surface area contributed by atoms with Crippen molar-refractivity contribution in [2.45, 2.75) is 27.3 Å². The Morgan fingerprint density at radius 2 is 2.00 bits per heavy atom. The SMILES string of the molecule is CCNCc1cc(-c2cc(C)ccc2C)nn(C)c1=O. The fourth-order valence-corrected chi connectivity index (χ4v) is 2.20. The van der Waals surface area contributed by atoms with Gasteiger partial charge in [-0.25, -0.2) is 4.68 Å². The zero-order valence-corrected chi connectivity index (χ0v) is 12.5. The average molecular weight is 271 g/mol. The van der Waals surface area contributed by atoms with E-state index in [-0.39, 0.29) is 5.56 Å². The normalized spacial score (nSPS) is 10.8. The van der Waals surface area contributed by atoms with E-state index >= 15 is 0 Å². The van der Waals surface area contributed by atoms with Gasteiger partial charge in [-0.3, -0.25) is 4.79 Å². The highest BCUT2D eigenvalue weighted by Crippen LogP contribution is 2.22. The summed E-state index contributed by atoms with van der Waals surface area (Å²) in [5.41, 5.74) is 4.99. The molecule has 0 atom stereocenters. The van der Waals surface area contributed by atoms with Gasteiger partial charge in [0.25, 0.3) is 5.56 Å². The highest BCUT2D eigenvalue weighted by atomic mass is 16.1. The summed E-state index contributed by atoms with van der Waals surface area (Å²) < 4.78 is 1.42. The number of benzene rings is 1. The van der Waals surface area contributed by atoms with Gasteiger partial charge < -0.3 is 5.32 Å². The van der Waals surface area contributed by atoms with Crippen molar-refractivity contribution in [2.75, 3.05) is 6.54 Å². The molecule has 0 aliphatic heterocycles. The van der Waals surface area contributed by atoms with Gasteiger partial charge in [-0.15, -0.1) is 0 Å². The quantitative estimate of drug-likeness (QED) is 0.927. The van der Waals surface area contributed by atoms with E-state index in [1.54, 1.807) is 7.05 Å². The van der Waals surface area contributed by atoms with E-state index < -0.39 is 0 Å². The van der Waals surface area contributed by atoms with Crippen molar-refractivity contribution in [1.29, 1.82) is 0 Å². The van der Waals surface area contributed by atoms with E-state index in [1.165, 1.54) is 10.2 Å². The van der Waals surface area contributed by atoms with Crippen LogP contribution >= 0.6 is 0 Å². The first-order chi connectivity index (χ1) is 9.52. The topological polar surface area (TPSA) is 46.9 Å². The van der Waals surface area contributed by atoms with Crippen LogP contribution in [-0.4, -0.2) is 16.3 Å². The molecule has 1 aromatic heterocycles. The van der Waals surface area contributed by atoms with E-state index in [1.807, 2.05) is 13.0 Å². The number of hydrogen-bond acceptors (Lipinski definition) is 3. The molecular formula is C16H21N3O. The summed E-state index contributed by atoms with van der Waals surface area (Å²) >= 11 is 0. The van der Waals surface area contributed by atoms with Gasteiger partial charge >= 0.3 is 0 Å². The van der Waals surface area contributed by atoms with Gasteiger partial charge in [0.2, 0.25) is 0 Å². The minimum Gasteiger partial charge on any atom is -0.313 e. The maximum absolute atomic E-state index is 12.1. The highest BCUT2D eigenvalue weighted by molar-refractivity contribution is 5.64. The molecule has 20 heavy (non-hydrogen) atoms. The van der Waals surface area contributed by atoms with Crippen LogP contribution in [0.1, 0.15) is 23.6 Å². The molecule has 2 rings (SSSR count). The molecule has 106 valence electrons. The number of rotatable bonds is 4. The Morgan fingerprint density at radius 3 is 2.70 bits per heavy atom. The first kappa shape index (κ1) is 14.5. The first-order valence-corrected chi connectivity index (χ1v) is 6.88. The van der Waals surface area contributed by atoms with E-state index in [0.717, 1.165) is 28.9 Å². The van der Waals surface area contributed by atoms with E-state index in [2.05, 4.69) is 42.5 Å². The third-order valence-corrected chi connectivity index (χ3v) is 3.37. The lowest BCUT2D eigenvalue weighted by Gasteiger charge is -2.10. The van der Waals surface area contributed by atoms with Gasteiger partial charge in [0.05, 0.1) is 5.69 Å². The molecule has 1 N–H and O–H groups in total. The van der Waals surface area contributed by atoms with Gasteiger partial charge in [-0.1, -0.05) is 24.6 Å². The minimum atomic E-state index is -0.0417. The van der Waals surface area contributed by atoms with Crippen molar-refractivity contribution in [2.24, 2.45) is 7.05 Å². The second-order valence-electron chi connectivity index (χ2n) is 5.08. The number of nitrogens with zero attached hydrogens (tertiary/aromatic N) is 2. The molecule has 1 aromatic carbocycles. The second-order valence-corrected chi connectivity index (χ2v) is 5.08. The Bertz CT molecular complexity index is 674. The van der Waals surface area contributed by atoms with Crippen molar-refractivity contribution in [3.05, 3.63) is 51.3 Å². The maximum Gasteiger partial charge on any atom is 0.271 e. The molecule has 4 heteroatoms. The molecule has 0 aliphatic rings. The molecule has 1 heterocycles. The molecule has 0 unspecified atom stereocenters. The van der Waals surface area contributed by atoms with Crippen LogP contribution in [0.15, 0.2) is 29.1 Å². The summed E-state index contributed by atoms with van der Waals surface area (Å²) in [7, 11) is 1.70. The van der Waals surface area contributed by atoms with Crippen LogP contribution < -0.4 is 10.9 Å².